The zero-order valence-corrected chi connectivity index (χ0v) is 13.5. The Labute approximate surface area is 131 Å². The number of H-pyrrole nitrogens is 1. The van der Waals surface area contributed by atoms with Gasteiger partial charge in [-0.05, 0) is 12.0 Å². The lowest BCUT2D eigenvalue weighted by Gasteiger charge is -2.34. The summed E-state index contributed by atoms with van der Waals surface area (Å²) in [6.07, 6.45) is 1.90. The van der Waals surface area contributed by atoms with E-state index >= 15 is 0 Å². The molecule has 0 bridgehead atoms. The highest BCUT2D eigenvalue weighted by Crippen LogP contribution is 2.13. The van der Waals surface area contributed by atoms with Crippen molar-refractivity contribution in [2.45, 2.75) is 26.8 Å². The van der Waals surface area contributed by atoms with Gasteiger partial charge >= 0.3 is 0 Å². The van der Waals surface area contributed by atoms with Gasteiger partial charge in [0.15, 0.2) is 0 Å². The van der Waals surface area contributed by atoms with E-state index in [4.69, 9.17) is 0 Å². The van der Waals surface area contributed by atoms with Crippen LogP contribution in [0.1, 0.15) is 20.8 Å². The van der Waals surface area contributed by atoms with Crippen molar-refractivity contribution in [2.24, 2.45) is 5.92 Å². The number of amides is 2. The van der Waals surface area contributed by atoms with Gasteiger partial charge in [-0.2, -0.15) is 0 Å². The van der Waals surface area contributed by atoms with E-state index in [0.29, 0.717) is 13.1 Å². The SMILES string of the molecule is CC(=O)N[C@H](C(=O)N1CCN(c2cccc[nH+]2)CC1)C(C)C. The van der Waals surface area contributed by atoms with Crippen molar-refractivity contribution in [2.75, 3.05) is 31.1 Å². The minimum Gasteiger partial charge on any atom is -0.344 e. The molecule has 6 heteroatoms. The van der Waals surface area contributed by atoms with Crippen molar-refractivity contribution in [1.82, 2.24) is 10.2 Å². The minimum atomic E-state index is -0.438. The molecule has 1 aromatic rings. The van der Waals surface area contributed by atoms with Crippen LogP contribution in [0.3, 0.4) is 0 Å². The van der Waals surface area contributed by atoms with Crippen molar-refractivity contribution < 1.29 is 14.6 Å². The largest absolute Gasteiger partial charge is 0.344 e. The van der Waals surface area contributed by atoms with Gasteiger partial charge in [0, 0.05) is 13.0 Å². The molecule has 6 nitrogen and oxygen atoms in total. The van der Waals surface area contributed by atoms with Crippen molar-refractivity contribution in [1.29, 1.82) is 0 Å². The molecule has 2 rings (SSSR count). The second kappa shape index (κ2) is 7.24. The normalized spacial score (nSPS) is 16.5. The Balaban J connectivity index is 1.95. The molecule has 1 aliphatic rings. The monoisotopic (exact) mass is 305 g/mol. The fourth-order valence-corrected chi connectivity index (χ4v) is 2.68. The lowest BCUT2D eigenvalue weighted by molar-refractivity contribution is -0.364. The quantitative estimate of drug-likeness (QED) is 0.870. The number of carbonyl (C=O) groups excluding carboxylic acids is 2. The number of aromatic amines is 1. The van der Waals surface area contributed by atoms with Gasteiger partial charge in [-0.15, -0.1) is 0 Å². The van der Waals surface area contributed by atoms with Crippen molar-refractivity contribution in [3.05, 3.63) is 24.4 Å². The molecule has 22 heavy (non-hydrogen) atoms. The highest BCUT2D eigenvalue weighted by molar-refractivity contribution is 5.87. The number of hydrogen-bond acceptors (Lipinski definition) is 3. The van der Waals surface area contributed by atoms with E-state index in [0.717, 1.165) is 18.9 Å². The first kappa shape index (κ1) is 16.3. The lowest BCUT2D eigenvalue weighted by Crippen LogP contribution is -2.56. The van der Waals surface area contributed by atoms with Crippen LogP contribution in [0, 0.1) is 5.92 Å². The summed E-state index contributed by atoms with van der Waals surface area (Å²) in [5, 5.41) is 2.77. The summed E-state index contributed by atoms with van der Waals surface area (Å²) in [6, 6.07) is 5.54. The molecule has 0 saturated carbocycles. The maximum absolute atomic E-state index is 12.6. The standard InChI is InChI=1S/C16H24N4O2/c1-12(2)15(18-13(3)21)16(22)20-10-8-19(9-11-20)14-6-4-5-7-17-14/h4-7,12,15H,8-11H2,1-3H3,(H,18,21)/p+1/t15-/m0/s1. The van der Waals surface area contributed by atoms with E-state index in [2.05, 4.69) is 15.2 Å². The maximum Gasteiger partial charge on any atom is 0.274 e. The molecule has 1 atom stereocenters. The Kier molecular flexibility index (Phi) is 5.35. The average Bonchev–Trinajstić information content (AvgIpc) is 2.52. The fourth-order valence-electron chi connectivity index (χ4n) is 2.68. The van der Waals surface area contributed by atoms with Gasteiger partial charge < -0.3 is 10.2 Å². The van der Waals surface area contributed by atoms with E-state index in [9.17, 15) is 9.59 Å². The third-order valence-electron chi connectivity index (χ3n) is 3.92. The first-order chi connectivity index (χ1) is 10.5. The van der Waals surface area contributed by atoms with Crippen LogP contribution in [0.5, 0.6) is 0 Å². The topological polar surface area (TPSA) is 66.8 Å². The van der Waals surface area contributed by atoms with Gasteiger partial charge in [-0.25, -0.2) is 4.98 Å². The number of rotatable bonds is 4. The second-order valence-corrected chi connectivity index (χ2v) is 5.98. The smallest absolute Gasteiger partial charge is 0.274 e. The molecule has 120 valence electrons. The molecule has 0 spiro atoms. The number of hydrogen-bond donors (Lipinski definition) is 1. The summed E-state index contributed by atoms with van der Waals surface area (Å²) in [7, 11) is 0. The lowest BCUT2D eigenvalue weighted by atomic mass is 10.0. The van der Waals surface area contributed by atoms with Crippen molar-refractivity contribution in [3.8, 4) is 0 Å². The molecule has 0 aromatic carbocycles. The van der Waals surface area contributed by atoms with E-state index in [1.807, 2.05) is 43.1 Å². The number of aromatic nitrogens is 1. The summed E-state index contributed by atoms with van der Waals surface area (Å²) in [4.78, 5) is 31.2. The Morgan fingerprint density at radius 3 is 2.36 bits per heavy atom. The van der Waals surface area contributed by atoms with Crippen molar-refractivity contribution in [3.63, 3.8) is 0 Å². The number of piperazine rings is 1. The van der Waals surface area contributed by atoms with Crippen LogP contribution in [0.2, 0.25) is 0 Å². The number of pyridine rings is 1. The zero-order chi connectivity index (χ0) is 16.1. The zero-order valence-electron chi connectivity index (χ0n) is 13.5. The molecular formula is C16H25N4O2+. The second-order valence-electron chi connectivity index (χ2n) is 5.98. The summed E-state index contributed by atoms with van der Waals surface area (Å²) in [5.74, 6) is 1.00. The Morgan fingerprint density at radius 2 is 1.86 bits per heavy atom. The Morgan fingerprint density at radius 1 is 1.18 bits per heavy atom. The van der Waals surface area contributed by atoms with Crippen molar-refractivity contribution >= 4 is 17.6 Å². The number of nitrogens with one attached hydrogen (secondary N) is 2. The van der Waals surface area contributed by atoms with Crippen LogP contribution >= 0.6 is 0 Å². The fraction of sp³-hybridized carbons (Fsp3) is 0.562. The molecule has 1 aromatic heterocycles. The molecule has 0 unspecified atom stereocenters. The number of nitrogens with zero attached hydrogens (tertiary/aromatic N) is 2. The van der Waals surface area contributed by atoms with Crippen LogP contribution < -0.4 is 15.2 Å². The van der Waals surface area contributed by atoms with Gasteiger partial charge in [0.25, 0.3) is 5.82 Å². The van der Waals surface area contributed by atoms with E-state index in [1.165, 1.54) is 6.92 Å². The van der Waals surface area contributed by atoms with Crippen LogP contribution in [0.25, 0.3) is 0 Å². The first-order valence-electron chi connectivity index (χ1n) is 7.76. The van der Waals surface area contributed by atoms with E-state index in [1.54, 1.807) is 0 Å². The van der Waals surface area contributed by atoms with Gasteiger partial charge in [-0.3, -0.25) is 14.5 Å². The highest BCUT2D eigenvalue weighted by Gasteiger charge is 2.32. The predicted molar refractivity (Wildman–Crippen MR) is 84.2 cm³/mol. The van der Waals surface area contributed by atoms with Crippen LogP contribution in [-0.4, -0.2) is 48.9 Å². The minimum absolute atomic E-state index is 0.0156. The molecule has 2 N–H and O–H groups in total. The Hall–Kier alpha value is -2.11. The van der Waals surface area contributed by atoms with Crippen LogP contribution in [-0.2, 0) is 9.59 Å². The molecule has 1 fully saturated rings. The third kappa shape index (κ3) is 3.96. The molecule has 2 amide bonds. The van der Waals surface area contributed by atoms with E-state index in [-0.39, 0.29) is 17.7 Å². The van der Waals surface area contributed by atoms with Crippen LogP contribution in [0.4, 0.5) is 5.82 Å². The number of anilines is 1. The summed E-state index contributed by atoms with van der Waals surface area (Å²) < 4.78 is 0. The molecule has 0 radical (unpaired) electrons. The predicted octanol–water partition coefficient (Wildman–Crippen LogP) is 0.310. The molecule has 1 saturated heterocycles. The summed E-state index contributed by atoms with van der Waals surface area (Å²) in [6.45, 7) is 8.27. The third-order valence-corrected chi connectivity index (χ3v) is 3.92. The highest BCUT2D eigenvalue weighted by atomic mass is 16.2. The molecule has 1 aliphatic heterocycles. The van der Waals surface area contributed by atoms with Gasteiger partial charge in [-0.1, -0.05) is 19.9 Å². The maximum atomic E-state index is 12.6. The van der Waals surface area contributed by atoms with E-state index < -0.39 is 6.04 Å². The molecule has 2 heterocycles. The summed E-state index contributed by atoms with van der Waals surface area (Å²) >= 11 is 0. The average molecular weight is 305 g/mol. The van der Waals surface area contributed by atoms with Gasteiger partial charge in [0.05, 0.1) is 19.3 Å². The van der Waals surface area contributed by atoms with Crippen LogP contribution in [0.15, 0.2) is 24.4 Å². The molecular weight excluding hydrogens is 280 g/mol. The first-order valence-corrected chi connectivity index (χ1v) is 7.76. The van der Waals surface area contributed by atoms with Gasteiger partial charge in [0.1, 0.15) is 19.1 Å². The van der Waals surface area contributed by atoms with Gasteiger partial charge in [0.2, 0.25) is 11.8 Å². The number of carbonyl (C=O) groups is 2. The molecule has 0 aliphatic carbocycles. The Bertz CT molecular complexity index is 510. The summed E-state index contributed by atoms with van der Waals surface area (Å²) in [5.41, 5.74) is 0.